The molecule has 12 heavy (non-hydrogen) atoms. The molecule has 0 bridgehead atoms. The first-order valence-electron chi connectivity index (χ1n) is 3.69. The van der Waals surface area contributed by atoms with Gasteiger partial charge in [-0.2, -0.15) is 4.31 Å². The van der Waals surface area contributed by atoms with E-state index in [-0.39, 0.29) is 0 Å². The molecule has 1 fully saturated rings. The Hall–Kier alpha value is -0.620. The van der Waals surface area contributed by atoms with Gasteiger partial charge in [-0.3, -0.25) is 4.79 Å². The zero-order valence-electron chi connectivity index (χ0n) is 6.86. The van der Waals surface area contributed by atoms with E-state index in [0.29, 0.717) is 19.4 Å². The maximum atomic E-state index is 11.1. The van der Waals surface area contributed by atoms with Crippen molar-refractivity contribution in [1.29, 1.82) is 0 Å². The minimum atomic E-state index is -3.26. The average molecular weight is 192 g/mol. The molecule has 1 saturated heterocycles. The van der Waals surface area contributed by atoms with Crippen LogP contribution in [-0.2, 0) is 14.8 Å². The van der Waals surface area contributed by atoms with Gasteiger partial charge in [0.05, 0.1) is 6.26 Å². The van der Waals surface area contributed by atoms with Gasteiger partial charge in [-0.15, -0.1) is 0 Å². The molecule has 5 nitrogen and oxygen atoms in total. The molecule has 0 saturated carbocycles. The number of nitrogens with zero attached hydrogens (tertiary/aromatic N) is 1. The van der Waals surface area contributed by atoms with Crippen molar-refractivity contribution in [3.8, 4) is 0 Å². The van der Waals surface area contributed by atoms with Gasteiger partial charge in [0, 0.05) is 6.54 Å². The molecule has 6 heteroatoms. The highest BCUT2D eigenvalue weighted by Crippen LogP contribution is 2.19. The van der Waals surface area contributed by atoms with Crippen LogP contribution in [0.4, 0.5) is 0 Å². The molecule has 1 rings (SSSR count). The number of sulfonamides is 1. The monoisotopic (exact) mass is 192 g/mol. The molecule has 0 aromatic carbocycles. The molecular formula is C6H12N2O3S. The van der Waals surface area contributed by atoms with Gasteiger partial charge in [0.15, 0.2) is 0 Å². The van der Waals surface area contributed by atoms with Gasteiger partial charge < -0.3 is 5.73 Å². The Balaban J connectivity index is 2.85. The van der Waals surface area contributed by atoms with Crippen LogP contribution in [0.25, 0.3) is 0 Å². The Morgan fingerprint density at radius 3 is 2.50 bits per heavy atom. The van der Waals surface area contributed by atoms with Crippen molar-refractivity contribution in [2.75, 3.05) is 12.8 Å². The number of amides is 1. The van der Waals surface area contributed by atoms with E-state index in [2.05, 4.69) is 0 Å². The number of hydrogen-bond donors (Lipinski definition) is 1. The first kappa shape index (κ1) is 9.47. The fraction of sp³-hybridized carbons (Fsp3) is 0.833. The molecule has 0 spiro atoms. The van der Waals surface area contributed by atoms with Crippen LogP contribution in [0.5, 0.6) is 0 Å². The van der Waals surface area contributed by atoms with E-state index < -0.39 is 22.0 Å². The lowest BCUT2D eigenvalue weighted by Gasteiger charge is -2.18. The lowest BCUT2D eigenvalue weighted by atomic mass is 10.2. The standard InChI is InChI=1S/C6H12N2O3S/c1-12(10,11)8-4-2-3-5(8)6(7)9/h5H,2-4H2,1H3,(H2,7,9). The molecule has 1 aliphatic heterocycles. The first-order chi connectivity index (χ1) is 5.43. The minimum Gasteiger partial charge on any atom is -0.368 e. The molecule has 1 unspecified atom stereocenters. The lowest BCUT2D eigenvalue weighted by molar-refractivity contribution is -0.121. The van der Waals surface area contributed by atoms with Gasteiger partial charge in [0.2, 0.25) is 15.9 Å². The van der Waals surface area contributed by atoms with Crippen LogP contribution in [-0.4, -0.2) is 37.5 Å². The minimum absolute atomic E-state index is 0.409. The second-order valence-electron chi connectivity index (χ2n) is 2.93. The maximum absolute atomic E-state index is 11.1. The third kappa shape index (κ3) is 1.75. The molecule has 0 aliphatic carbocycles. The predicted molar refractivity (Wildman–Crippen MR) is 43.8 cm³/mol. The molecule has 0 aromatic heterocycles. The van der Waals surface area contributed by atoms with Gasteiger partial charge in [0.1, 0.15) is 6.04 Å². The third-order valence-electron chi connectivity index (χ3n) is 1.96. The van der Waals surface area contributed by atoms with Crippen LogP contribution in [0.2, 0.25) is 0 Å². The summed E-state index contributed by atoms with van der Waals surface area (Å²) in [7, 11) is -3.26. The first-order valence-corrected chi connectivity index (χ1v) is 5.54. The summed E-state index contributed by atoms with van der Waals surface area (Å²) in [4.78, 5) is 10.8. The molecular weight excluding hydrogens is 180 g/mol. The summed E-state index contributed by atoms with van der Waals surface area (Å²) in [5.74, 6) is -0.557. The average Bonchev–Trinajstić information content (AvgIpc) is 2.30. The van der Waals surface area contributed by atoms with E-state index in [1.807, 2.05) is 0 Å². The number of nitrogens with two attached hydrogens (primary N) is 1. The van der Waals surface area contributed by atoms with E-state index in [1.165, 1.54) is 0 Å². The fourth-order valence-electron chi connectivity index (χ4n) is 1.42. The highest BCUT2D eigenvalue weighted by molar-refractivity contribution is 7.88. The summed E-state index contributed by atoms with van der Waals surface area (Å²) in [6, 6.07) is -0.625. The quantitative estimate of drug-likeness (QED) is 0.602. The van der Waals surface area contributed by atoms with Crippen LogP contribution in [0.3, 0.4) is 0 Å². The maximum Gasteiger partial charge on any atom is 0.235 e. The van der Waals surface area contributed by atoms with E-state index >= 15 is 0 Å². The van der Waals surface area contributed by atoms with E-state index in [1.54, 1.807) is 0 Å². The Morgan fingerprint density at radius 2 is 2.17 bits per heavy atom. The Morgan fingerprint density at radius 1 is 1.58 bits per heavy atom. The number of carbonyl (C=O) groups is 1. The molecule has 2 N–H and O–H groups in total. The Kier molecular flexibility index (Phi) is 2.39. The number of carbonyl (C=O) groups excluding carboxylic acids is 1. The van der Waals surface area contributed by atoms with Crippen molar-refractivity contribution in [1.82, 2.24) is 4.31 Å². The highest BCUT2D eigenvalue weighted by atomic mass is 32.2. The number of primary amides is 1. The van der Waals surface area contributed by atoms with Gasteiger partial charge >= 0.3 is 0 Å². The predicted octanol–water partition coefficient (Wildman–Crippen LogP) is -1.10. The van der Waals surface area contributed by atoms with Crippen molar-refractivity contribution in [2.45, 2.75) is 18.9 Å². The molecule has 1 aliphatic rings. The van der Waals surface area contributed by atoms with Crippen molar-refractivity contribution in [2.24, 2.45) is 5.73 Å². The second kappa shape index (κ2) is 3.02. The largest absolute Gasteiger partial charge is 0.368 e. The van der Waals surface area contributed by atoms with E-state index in [9.17, 15) is 13.2 Å². The van der Waals surface area contributed by atoms with Crippen LogP contribution in [0.1, 0.15) is 12.8 Å². The van der Waals surface area contributed by atoms with Crippen molar-refractivity contribution >= 4 is 15.9 Å². The number of rotatable bonds is 2. The highest BCUT2D eigenvalue weighted by Gasteiger charge is 2.34. The van der Waals surface area contributed by atoms with Crippen molar-refractivity contribution in [3.05, 3.63) is 0 Å². The van der Waals surface area contributed by atoms with Gasteiger partial charge in [0.25, 0.3) is 0 Å². The smallest absolute Gasteiger partial charge is 0.235 e. The molecule has 1 heterocycles. The van der Waals surface area contributed by atoms with Crippen molar-refractivity contribution in [3.63, 3.8) is 0 Å². The summed E-state index contributed by atoms with van der Waals surface area (Å²) in [5.41, 5.74) is 5.04. The zero-order chi connectivity index (χ0) is 9.35. The summed E-state index contributed by atoms with van der Waals surface area (Å²) in [6.07, 6.45) is 2.34. The van der Waals surface area contributed by atoms with E-state index in [0.717, 1.165) is 10.6 Å². The lowest BCUT2D eigenvalue weighted by Crippen LogP contribution is -2.43. The second-order valence-corrected chi connectivity index (χ2v) is 4.87. The van der Waals surface area contributed by atoms with Crippen LogP contribution >= 0.6 is 0 Å². The Labute approximate surface area is 71.6 Å². The van der Waals surface area contributed by atoms with Gasteiger partial charge in [-0.05, 0) is 12.8 Å². The summed E-state index contributed by atoms with van der Waals surface area (Å²) >= 11 is 0. The summed E-state index contributed by atoms with van der Waals surface area (Å²) < 4.78 is 23.3. The SMILES string of the molecule is CS(=O)(=O)N1CCCC1C(N)=O. The Bertz CT molecular complexity index is 285. The summed E-state index contributed by atoms with van der Waals surface area (Å²) in [5, 5.41) is 0. The third-order valence-corrected chi connectivity index (χ3v) is 3.25. The van der Waals surface area contributed by atoms with Crippen LogP contribution in [0.15, 0.2) is 0 Å². The summed E-state index contributed by atoms with van der Waals surface area (Å²) in [6.45, 7) is 0.409. The molecule has 70 valence electrons. The fourth-order valence-corrected chi connectivity index (χ4v) is 2.55. The normalized spacial score (nSPS) is 25.9. The van der Waals surface area contributed by atoms with Crippen molar-refractivity contribution < 1.29 is 13.2 Å². The van der Waals surface area contributed by atoms with Gasteiger partial charge in [-0.25, -0.2) is 8.42 Å². The van der Waals surface area contributed by atoms with E-state index in [4.69, 9.17) is 5.73 Å². The molecule has 1 amide bonds. The molecule has 0 radical (unpaired) electrons. The van der Waals surface area contributed by atoms with Gasteiger partial charge in [-0.1, -0.05) is 0 Å². The molecule has 1 atom stereocenters. The topological polar surface area (TPSA) is 80.5 Å². The zero-order valence-corrected chi connectivity index (χ0v) is 7.67. The number of hydrogen-bond acceptors (Lipinski definition) is 3. The van der Waals surface area contributed by atoms with Crippen LogP contribution in [0, 0.1) is 0 Å². The molecule has 0 aromatic rings. The van der Waals surface area contributed by atoms with Crippen LogP contribution < -0.4 is 5.73 Å².